The van der Waals surface area contributed by atoms with Crippen LogP contribution in [0.15, 0.2) is 0 Å². The van der Waals surface area contributed by atoms with E-state index in [0.717, 1.165) is 19.3 Å². The zero-order valence-electron chi connectivity index (χ0n) is 6.42. The highest BCUT2D eigenvalue weighted by Gasteiger charge is 2.25. The first-order chi connectivity index (χ1) is 5.24. The van der Waals surface area contributed by atoms with Crippen LogP contribution in [-0.4, -0.2) is 17.1 Å². The van der Waals surface area contributed by atoms with Gasteiger partial charge in [0, 0.05) is 6.04 Å². The SMILES string of the molecule is NNC1CCCC(C(=O)O)C1. The highest BCUT2D eigenvalue weighted by Crippen LogP contribution is 2.23. The summed E-state index contributed by atoms with van der Waals surface area (Å²) in [6, 6.07) is 0.199. The van der Waals surface area contributed by atoms with E-state index in [-0.39, 0.29) is 12.0 Å². The van der Waals surface area contributed by atoms with Gasteiger partial charge in [-0.2, -0.15) is 0 Å². The molecule has 4 nitrogen and oxygen atoms in total. The van der Waals surface area contributed by atoms with Crippen molar-refractivity contribution in [3.63, 3.8) is 0 Å². The molecule has 1 aliphatic rings. The van der Waals surface area contributed by atoms with Crippen LogP contribution >= 0.6 is 0 Å². The minimum Gasteiger partial charge on any atom is -0.481 e. The van der Waals surface area contributed by atoms with Crippen molar-refractivity contribution in [3.05, 3.63) is 0 Å². The first-order valence-corrected chi connectivity index (χ1v) is 3.93. The molecule has 1 fully saturated rings. The third-order valence-electron chi connectivity index (χ3n) is 2.26. The molecule has 0 aromatic rings. The molecule has 4 N–H and O–H groups in total. The van der Waals surface area contributed by atoms with Crippen LogP contribution in [0, 0.1) is 5.92 Å². The van der Waals surface area contributed by atoms with Crippen LogP contribution < -0.4 is 11.3 Å². The van der Waals surface area contributed by atoms with Gasteiger partial charge in [0.15, 0.2) is 0 Å². The van der Waals surface area contributed by atoms with Crippen LogP contribution in [0.25, 0.3) is 0 Å². The summed E-state index contributed by atoms with van der Waals surface area (Å²) >= 11 is 0. The highest BCUT2D eigenvalue weighted by molar-refractivity contribution is 5.70. The number of hydrogen-bond acceptors (Lipinski definition) is 3. The Labute approximate surface area is 65.7 Å². The molecule has 0 bridgehead atoms. The van der Waals surface area contributed by atoms with E-state index < -0.39 is 5.97 Å². The van der Waals surface area contributed by atoms with Gasteiger partial charge < -0.3 is 5.11 Å². The van der Waals surface area contributed by atoms with Crippen molar-refractivity contribution in [2.24, 2.45) is 11.8 Å². The lowest BCUT2D eigenvalue weighted by molar-refractivity contribution is -0.143. The first kappa shape index (κ1) is 8.49. The molecule has 0 aromatic carbocycles. The molecule has 0 aliphatic heterocycles. The third kappa shape index (κ3) is 2.17. The molecule has 2 atom stereocenters. The fourth-order valence-electron chi connectivity index (χ4n) is 1.57. The number of hydrazine groups is 1. The van der Waals surface area contributed by atoms with Crippen molar-refractivity contribution in [2.45, 2.75) is 31.7 Å². The van der Waals surface area contributed by atoms with E-state index in [9.17, 15) is 4.79 Å². The van der Waals surface area contributed by atoms with Crippen LogP contribution in [0.2, 0.25) is 0 Å². The summed E-state index contributed by atoms with van der Waals surface area (Å²) < 4.78 is 0. The van der Waals surface area contributed by atoms with Gasteiger partial charge in [-0.25, -0.2) is 0 Å². The molecule has 0 spiro atoms. The number of aliphatic carboxylic acids is 1. The van der Waals surface area contributed by atoms with Gasteiger partial charge in [-0.3, -0.25) is 16.1 Å². The summed E-state index contributed by atoms with van der Waals surface area (Å²) in [6.45, 7) is 0. The maximum atomic E-state index is 10.5. The number of carbonyl (C=O) groups is 1. The smallest absolute Gasteiger partial charge is 0.306 e. The van der Waals surface area contributed by atoms with E-state index in [2.05, 4.69) is 5.43 Å². The molecule has 64 valence electrons. The number of nitrogens with one attached hydrogen (secondary N) is 1. The van der Waals surface area contributed by atoms with Crippen molar-refractivity contribution >= 4 is 5.97 Å². The number of carboxylic acids is 1. The topological polar surface area (TPSA) is 75.3 Å². The summed E-state index contributed by atoms with van der Waals surface area (Å²) in [5.41, 5.74) is 2.63. The van der Waals surface area contributed by atoms with E-state index in [1.807, 2.05) is 0 Å². The normalized spacial score (nSPS) is 31.7. The minimum absolute atomic E-state index is 0.190. The fraction of sp³-hybridized carbons (Fsp3) is 0.857. The maximum absolute atomic E-state index is 10.5. The zero-order chi connectivity index (χ0) is 8.27. The largest absolute Gasteiger partial charge is 0.481 e. The molecule has 0 radical (unpaired) electrons. The second-order valence-electron chi connectivity index (χ2n) is 3.07. The number of hydrogen-bond donors (Lipinski definition) is 3. The Hall–Kier alpha value is -0.610. The van der Waals surface area contributed by atoms with Gasteiger partial charge in [0.1, 0.15) is 0 Å². The lowest BCUT2D eigenvalue weighted by Crippen LogP contribution is -2.40. The van der Waals surface area contributed by atoms with Crippen LogP contribution in [-0.2, 0) is 4.79 Å². The van der Waals surface area contributed by atoms with Crippen LogP contribution in [0.5, 0.6) is 0 Å². The third-order valence-corrected chi connectivity index (χ3v) is 2.26. The molecular weight excluding hydrogens is 144 g/mol. The van der Waals surface area contributed by atoms with Gasteiger partial charge in [0.2, 0.25) is 0 Å². The van der Waals surface area contributed by atoms with E-state index in [1.54, 1.807) is 0 Å². The Kier molecular flexibility index (Phi) is 2.84. The van der Waals surface area contributed by atoms with Gasteiger partial charge in [-0.15, -0.1) is 0 Å². The van der Waals surface area contributed by atoms with Crippen molar-refractivity contribution in [1.82, 2.24) is 5.43 Å². The van der Waals surface area contributed by atoms with E-state index in [0.29, 0.717) is 6.42 Å². The van der Waals surface area contributed by atoms with E-state index in [4.69, 9.17) is 10.9 Å². The summed E-state index contributed by atoms with van der Waals surface area (Å²) in [6.07, 6.45) is 3.44. The van der Waals surface area contributed by atoms with Gasteiger partial charge in [-0.05, 0) is 19.3 Å². The summed E-state index contributed by atoms with van der Waals surface area (Å²) in [5, 5.41) is 8.68. The average Bonchev–Trinajstić information content (AvgIpc) is 2.05. The van der Waals surface area contributed by atoms with Crippen LogP contribution in [0.3, 0.4) is 0 Å². The van der Waals surface area contributed by atoms with Gasteiger partial charge >= 0.3 is 5.97 Å². The van der Waals surface area contributed by atoms with E-state index in [1.165, 1.54) is 0 Å². The number of nitrogens with two attached hydrogens (primary N) is 1. The standard InChI is InChI=1S/C7H14N2O2/c8-9-6-3-1-2-5(4-6)7(10)11/h5-6,9H,1-4,8H2,(H,10,11). The molecule has 1 rings (SSSR count). The van der Waals surface area contributed by atoms with Gasteiger partial charge in [0.25, 0.3) is 0 Å². The van der Waals surface area contributed by atoms with Crippen molar-refractivity contribution in [3.8, 4) is 0 Å². The Morgan fingerprint density at radius 3 is 2.82 bits per heavy atom. The predicted octanol–water partition coefficient (Wildman–Crippen LogP) is 0.0931. The second-order valence-corrected chi connectivity index (χ2v) is 3.07. The van der Waals surface area contributed by atoms with Crippen molar-refractivity contribution in [2.75, 3.05) is 0 Å². The maximum Gasteiger partial charge on any atom is 0.306 e. The molecule has 0 aromatic heterocycles. The fourth-order valence-corrected chi connectivity index (χ4v) is 1.57. The Bertz CT molecular complexity index is 149. The average molecular weight is 158 g/mol. The zero-order valence-corrected chi connectivity index (χ0v) is 6.42. The number of rotatable bonds is 2. The Balaban J connectivity index is 2.39. The van der Waals surface area contributed by atoms with Crippen molar-refractivity contribution < 1.29 is 9.90 Å². The molecule has 4 heteroatoms. The molecule has 2 unspecified atom stereocenters. The summed E-state index contributed by atoms with van der Waals surface area (Å²) in [4.78, 5) is 10.5. The summed E-state index contributed by atoms with van der Waals surface area (Å²) in [7, 11) is 0. The van der Waals surface area contributed by atoms with Crippen LogP contribution in [0.4, 0.5) is 0 Å². The van der Waals surface area contributed by atoms with E-state index >= 15 is 0 Å². The van der Waals surface area contributed by atoms with Crippen molar-refractivity contribution in [1.29, 1.82) is 0 Å². The monoisotopic (exact) mass is 158 g/mol. The van der Waals surface area contributed by atoms with Crippen LogP contribution in [0.1, 0.15) is 25.7 Å². The Morgan fingerprint density at radius 1 is 1.55 bits per heavy atom. The lowest BCUT2D eigenvalue weighted by Gasteiger charge is -2.25. The first-order valence-electron chi connectivity index (χ1n) is 3.93. The summed E-state index contributed by atoms with van der Waals surface area (Å²) in [5.74, 6) is 4.34. The molecule has 1 aliphatic carbocycles. The molecule has 0 heterocycles. The molecule has 0 amide bonds. The highest BCUT2D eigenvalue weighted by atomic mass is 16.4. The molecule has 0 saturated heterocycles. The number of carboxylic acid groups (broad SMARTS) is 1. The minimum atomic E-state index is -0.690. The molecule has 1 saturated carbocycles. The Morgan fingerprint density at radius 2 is 2.27 bits per heavy atom. The van der Waals surface area contributed by atoms with Gasteiger partial charge in [0.05, 0.1) is 5.92 Å². The molecular formula is C7H14N2O2. The second kappa shape index (κ2) is 3.69. The quantitative estimate of drug-likeness (QED) is 0.393. The lowest BCUT2D eigenvalue weighted by atomic mass is 9.86. The van der Waals surface area contributed by atoms with Gasteiger partial charge in [-0.1, -0.05) is 6.42 Å². The molecule has 11 heavy (non-hydrogen) atoms. The predicted molar refractivity (Wildman–Crippen MR) is 40.7 cm³/mol.